The summed E-state index contributed by atoms with van der Waals surface area (Å²) >= 11 is 0. The monoisotopic (exact) mass is 178 g/mol. The van der Waals surface area contributed by atoms with E-state index in [-0.39, 0.29) is 6.30 Å². The Morgan fingerprint density at radius 2 is 2.38 bits per heavy atom. The summed E-state index contributed by atoms with van der Waals surface area (Å²) in [6.07, 6.45) is 1.72. The Kier molecular flexibility index (Phi) is 1.17. The maximum Gasteiger partial charge on any atom is 0.131 e. The molecule has 68 valence electrons. The Morgan fingerprint density at radius 3 is 3.00 bits per heavy atom. The smallest absolute Gasteiger partial charge is 0.131 e. The molecule has 0 unspecified atom stereocenters. The molecule has 13 heavy (non-hydrogen) atoms. The van der Waals surface area contributed by atoms with Gasteiger partial charge in [-0.2, -0.15) is 0 Å². The third-order valence-electron chi connectivity index (χ3n) is 2.71. The van der Waals surface area contributed by atoms with E-state index in [4.69, 9.17) is 6.11 Å². The second kappa shape index (κ2) is 2.42. The van der Waals surface area contributed by atoms with E-state index >= 15 is 0 Å². The highest BCUT2D eigenvalue weighted by Crippen LogP contribution is 2.39. The molecule has 0 aliphatic carbocycles. The quantitative estimate of drug-likeness (QED) is 0.620. The summed E-state index contributed by atoms with van der Waals surface area (Å²) in [5.41, 5.74) is 0.396. The number of aromatic nitrogens is 2. The van der Waals surface area contributed by atoms with E-state index in [2.05, 4.69) is 14.9 Å². The normalized spacial score (nSPS) is 24.9. The highest BCUT2D eigenvalue weighted by molar-refractivity contribution is 5.42. The summed E-state index contributed by atoms with van der Waals surface area (Å²) in [4.78, 5) is 9.98. The lowest BCUT2D eigenvalue weighted by Gasteiger charge is -2.55. The van der Waals surface area contributed by atoms with Crippen LogP contribution in [0.25, 0.3) is 0 Å². The van der Waals surface area contributed by atoms with Crippen molar-refractivity contribution in [3.05, 3.63) is 18.6 Å². The second-order valence-electron chi connectivity index (χ2n) is 3.86. The van der Waals surface area contributed by atoms with Crippen LogP contribution in [0.4, 0.5) is 5.82 Å². The van der Waals surface area contributed by atoms with Crippen molar-refractivity contribution in [1.82, 2.24) is 9.97 Å². The molecule has 0 bridgehead atoms. The van der Waals surface area contributed by atoms with E-state index in [0.717, 1.165) is 32.1 Å². The lowest BCUT2D eigenvalue weighted by Crippen LogP contribution is -2.66. The van der Waals surface area contributed by atoms with Crippen LogP contribution < -0.4 is 4.90 Å². The van der Waals surface area contributed by atoms with Gasteiger partial charge in [-0.3, -0.25) is 0 Å². The zero-order valence-electron chi connectivity index (χ0n) is 8.23. The van der Waals surface area contributed by atoms with Crippen LogP contribution in [0.1, 0.15) is 1.37 Å². The Labute approximate surface area is 78.0 Å². The average Bonchev–Trinajstić information content (AvgIpc) is 1.98. The van der Waals surface area contributed by atoms with Gasteiger partial charge in [0.15, 0.2) is 0 Å². The van der Waals surface area contributed by atoms with Crippen molar-refractivity contribution < 1.29 is 6.11 Å². The van der Waals surface area contributed by atoms with Gasteiger partial charge in [0.2, 0.25) is 0 Å². The first-order chi connectivity index (χ1) is 6.77. The van der Waals surface area contributed by atoms with Crippen molar-refractivity contribution in [1.29, 1.82) is 0 Å². The van der Waals surface area contributed by atoms with Crippen LogP contribution in [0, 0.1) is 5.41 Å². The largest absolute Gasteiger partial charge is 0.380 e. The molecule has 0 amide bonds. The van der Waals surface area contributed by atoms with Crippen LogP contribution in [0.3, 0.4) is 0 Å². The Balaban J connectivity index is 1.73. The molecule has 1 aromatic heterocycles. The molecule has 2 fully saturated rings. The average molecular weight is 178 g/mol. The van der Waals surface area contributed by atoms with Gasteiger partial charge in [0.1, 0.15) is 13.5 Å². The van der Waals surface area contributed by atoms with E-state index in [1.54, 1.807) is 6.20 Å². The highest BCUT2D eigenvalue weighted by Gasteiger charge is 2.49. The Bertz CT molecular complexity index is 359. The van der Waals surface area contributed by atoms with E-state index in [0.29, 0.717) is 5.41 Å². The molecule has 0 radical (unpaired) electrons. The van der Waals surface area contributed by atoms with Gasteiger partial charge in [0.25, 0.3) is 0 Å². The first-order valence-corrected chi connectivity index (χ1v) is 4.40. The lowest BCUT2D eigenvalue weighted by atomic mass is 9.78. The zero-order chi connectivity index (χ0) is 9.60. The van der Waals surface area contributed by atoms with Crippen LogP contribution in [0.5, 0.6) is 0 Å². The van der Waals surface area contributed by atoms with Gasteiger partial charge in [-0.05, 0) is 6.07 Å². The summed E-state index contributed by atoms with van der Waals surface area (Å²) < 4.78 is 12.5. The molecule has 0 N–H and O–H groups in total. The minimum Gasteiger partial charge on any atom is -0.380 e. The van der Waals surface area contributed by atoms with Crippen LogP contribution in [-0.4, -0.2) is 36.3 Å². The third-order valence-corrected chi connectivity index (χ3v) is 2.71. The SMILES string of the molecule is [2H]c1nccc(N2CC3(COC3)C2)n1. The Morgan fingerprint density at radius 1 is 1.54 bits per heavy atom. The van der Waals surface area contributed by atoms with Gasteiger partial charge in [0.05, 0.1) is 18.6 Å². The molecule has 0 saturated carbocycles. The van der Waals surface area contributed by atoms with Crippen molar-refractivity contribution in [3.8, 4) is 0 Å². The van der Waals surface area contributed by atoms with Crippen molar-refractivity contribution in [3.63, 3.8) is 0 Å². The summed E-state index contributed by atoms with van der Waals surface area (Å²) in [7, 11) is 0. The highest BCUT2D eigenvalue weighted by atomic mass is 16.5. The molecule has 0 aromatic carbocycles. The van der Waals surface area contributed by atoms with E-state index in [9.17, 15) is 0 Å². The van der Waals surface area contributed by atoms with Gasteiger partial charge in [0, 0.05) is 19.3 Å². The zero-order valence-corrected chi connectivity index (χ0v) is 7.23. The summed E-state index contributed by atoms with van der Waals surface area (Å²) in [6, 6.07) is 1.85. The third kappa shape index (κ3) is 1.02. The minimum atomic E-state index is 0.0910. The topological polar surface area (TPSA) is 38.2 Å². The lowest BCUT2D eigenvalue weighted by molar-refractivity contribution is -0.127. The second-order valence-corrected chi connectivity index (χ2v) is 3.86. The Hall–Kier alpha value is -1.16. The first kappa shape index (κ1) is 6.32. The molecule has 1 aromatic rings. The molecule has 0 atom stereocenters. The molecule has 1 spiro atoms. The van der Waals surface area contributed by atoms with E-state index in [1.165, 1.54) is 0 Å². The maximum absolute atomic E-state index is 7.31. The standard InChI is InChI=1S/C9H11N3O/c1-2-10-7-11-8(1)12-3-9(4-12)5-13-6-9/h1-2,7H,3-6H2/i7D. The number of ether oxygens (including phenoxy) is 1. The number of rotatable bonds is 1. The maximum atomic E-state index is 7.31. The predicted molar refractivity (Wildman–Crippen MR) is 47.5 cm³/mol. The first-order valence-electron chi connectivity index (χ1n) is 4.90. The summed E-state index contributed by atoms with van der Waals surface area (Å²) in [5.74, 6) is 0.863. The molecule has 2 aliphatic heterocycles. The van der Waals surface area contributed by atoms with Gasteiger partial charge in [-0.1, -0.05) is 0 Å². The molecule has 3 rings (SSSR count). The van der Waals surface area contributed by atoms with Gasteiger partial charge < -0.3 is 9.64 Å². The number of nitrogens with zero attached hydrogens (tertiary/aromatic N) is 3. The van der Waals surface area contributed by atoms with Gasteiger partial charge in [-0.15, -0.1) is 0 Å². The van der Waals surface area contributed by atoms with Crippen molar-refractivity contribution in [2.45, 2.75) is 0 Å². The molecule has 4 nitrogen and oxygen atoms in total. The summed E-state index contributed by atoms with van der Waals surface area (Å²) in [5, 5.41) is 0. The van der Waals surface area contributed by atoms with Crippen molar-refractivity contribution >= 4 is 5.82 Å². The molecule has 2 aliphatic rings. The fourth-order valence-corrected chi connectivity index (χ4v) is 1.93. The number of hydrogen-bond acceptors (Lipinski definition) is 4. The van der Waals surface area contributed by atoms with Crippen molar-refractivity contribution in [2.75, 3.05) is 31.2 Å². The molecule has 3 heterocycles. The fourth-order valence-electron chi connectivity index (χ4n) is 1.93. The molecular weight excluding hydrogens is 166 g/mol. The van der Waals surface area contributed by atoms with Crippen LogP contribution in [0.2, 0.25) is 0 Å². The number of hydrogen-bond donors (Lipinski definition) is 0. The van der Waals surface area contributed by atoms with Crippen LogP contribution in [0.15, 0.2) is 18.6 Å². The van der Waals surface area contributed by atoms with E-state index in [1.807, 2.05) is 6.07 Å². The minimum absolute atomic E-state index is 0.0910. The van der Waals surface area contributed by atoms with Crippen LogP contribution >= 0.6 is 0 Å². The molecule has 4 heteroatoms. The summed E-state index contributed by atoms with van der Waals surface area (Å²) in [6.45, 7) is 3.76. The van der Waals surface area contributed by atoms with Gasteiger partial charge >= 0.3 is 0 Å². The van der Waals surface area contributed by atoms with E-state index < -0.39 is 0 Å². The number of anilines is 1. The van der Waals surface area contributed by atoms with Crippen LogP contribution in [-0.2, 0) is 4.74 Å². The predicted octanol–water partition coefficient (Wildman–Crippen LogP) is 0.313. The molecule has 2 saturated heterocycles. The molecular formula is C9H11N3O. The van der Waals surface area contributed by atoms with Crippen molar-refractivity contribution in [2.24, 2.45) is 5.41 Å². The van der Waals surface area contributed by atoms with Gasteiger partial charge in [-0.25, -0.2) is 9.97 Å². The fraction of sp³-hybridized carbons (Fsp3) is 0.556.